The van der Waals surface area contributed by atoms with Crippen molar-refractivity contribution in [2.75, 3.05) is 5.75 Å². The van der Waals surface area contributed by atoms with E-state index < -0.39 is 0 Å². The maximum absolute atomic E-state index is 13.8. The summed E-state index contributed by atoms with van der Waals surface area (Å²) in [5.74, 6) is 0.865. The fourth-order valence-electron chi connectivity index (χ4n) is 2.86. The van der Waals surface area contributed by atoms with Crippen molar-refractivity contribution in [2.24, 2.45) is 5.92 Å². The number of amides is 1. The van der Waals surface area contributed by atoms with E-state index in [1.54, 1.807) is 17.8 Å². The molecule has 0 spiro atoms. The SMILES string of the molecule is O=C(N[C@@H]1CCSc2c(F)cccc21)[C@@H]1CC=CCC1. The number of halogens is 1. The third kappa shape index (κ3) is 2.75. The first kappa shape index (κ1) is 13.7. The molecule has 106 valence electrons. The van der Waals surface area contributed by atoms with E-state index >= 15 is 0 Å². The molecule has 1 amide bonds. The number of carbonyl (C=O) groups is 1. The van der Waals surface area contributed by atoms with E-state index in [0.29, 0.717) is 4.90 Å². The molecule has 2 aliphatic rings. The van der Waals surface area contributed by atoms with Gasteiger partial charge in [-0.2, -0.15) is 0 Å². The summed E-state index contributed by atoms with van der Waals surface area (Å²) in [6.07, 6.45) is 7.80. The smallest absolute Gasteiger partial charge is 0.223 e. The zero-order valence-electron chi connectivity index (χ0n) is 11.3. The van der Waals surface area contributed by atoms with Crippen molar-refractivity contribution >= 4 is 17.7 Å². The van der Waals surface area contributed by atoms with Gasteiger partial charge >= 0.3 is 0 Å². The lowest BCUT2D eigenvalue weighted by Gasteiger charge is -2.28. The highest BCUT2D eigenvalue weighted by Gasteiger charge is 2.27. The highest BCUT2D eigenvalue weighted by Crippen LogP contribution is 2.38. The predicted molar refractivity (Wildman–Crippen MR) is 79.1 cm³/mol. The van der Waals surface area contributed by atoms with E-state index in [2.05, 4.69) is 17.5 Å². The van der Waals surface area contributed by atoms with Gasteiger partial charge in [0.05, 0.1) is 6.04 Å². The van der Waals surface area contributed by atoms with Crippen LogP contribution in [0.5, 0.6) is 0 Å². The summed E-state index contributed by atoms with van der Waals surface area (Å²) in [5.41, 5.74) is 0.931. The number of hydrogen-bond donors (Lipinski definition) is 1. The van der Waals surface area contributed by atoms with Crippen LogP contribution >= 0.6 is 11.8 Å². The van der Waals surface area contributed by atoms with E-state index in [4.69, 9.17) is 0 Å². The number of fused-ring (bicyclic) bond motifs is 1. The van der Waals surface area contributed by atoms with Gasteiger partial charge in [0.2, 0.25) is 5.91 Å². The molecule has 1 aliphatic carbocycles. The van der Waals surface area contributed by atoms with E-state index in [1.807, 2.05) is 6.07 Å². The standard InChI is InChI=1S/C16H18FNOS/c17-13-8-4-7-12-14(9-10-20-15(12)13)18-16(19)11-5-2-1-3-6-11/h1-2,4,7-8,11,14H,3,5-6,9-10H2,(H,18,19)/t11-,14-/m1/s1. The Morgan fingerprint density at radius 3 is 3.00 bits per heavy atom. The van der Waals surface area contributed by atoms with Gasteiger partial charge in [0.25, 0.3) is 0 Å². The minimum Gasteiger partial charge on any atom is -0.349 e. The second-order valence-corrected chi connectivity index (χ2v) is 6.44. The summed E-state index contributed by atoms with van der Waals surface area (Å²) in [6, 6.07) is 5.10. The van der Waals surface area contributed by atoms with Crippen LogP contribution in [0, 0.1) is 11.7 Å². The number of nitrogens with one attached hydrogen (secondary N) is 1. The number of rotatable bonds is 2. The lowest BCUT2D eigenvalue weighted by Crippen LogP contribution is -2.35. The fraction of sp³-hybridized carbons (Fsp3) is 0.438. The molecule has 20 heavy (non-hydrogen) atoms. The molecule has 0 aromatic heterocycles. The van der Waals surface area contributed by atoms with Crippen LogP contribution in [0.3, 0.4) is 0 Å². The van der Waals surface area contributed by atoms with Crippen LogP contribution in [-0.4, -0.2) is 11.7 Å². The quantitative estimate of drug-likeness (QED) is 0.839. The van der Waals surface area contributed by atoms with Crippen molar-refractivity contribution in [2.45, 2.75) is 36.6 Å². The lowest BCUT2D eigenvalue weighted by molar-refractivity contribution is -0.126. The Balaban J connectivity index is 1.74. The van der Waals surface area contributed by atoms with Gasteiger partial charge in [0.1, 0.15) is 5.82 Å². The molecule has 0 unspecified atom stereocenters. The summed E-state index contributed by atoms with van der Waals surface area (Å²) in [7, 11) is 0. The number of carbonyl (C=O) groups excluding carboxylic acids is 1. The van der Waals surface area contributed by atoms with Crippen molar-refractivity contribution in [3.05, 3.63) is 41.7 Å². The minimum absolute atomic E-state index is 0.0413. The molecule has 0 bridgehead atoms. The number of hydrogen-bond acceptors (Lipinski definition) is 2. The van der Waals surface area contributed by atoms with Gasteiger partial charge in [-0.1, -0.05) is 24.3 Å². The molecule has 1 aromatic carbocycles. The molecule has 1 aromatic rings. The van der Waals surface area contributed by atoms with Gasteiger partial charge < -0.3 is 5.32 Å². The van der Waals surface area contributed by atoms with Gasteiger partial charge in [-0.05, 0) is 37.3 Å². The molecule has 0 saturated carbocycles. The van der Waals surface area contributed by atoms with Crippen LogP contribution in [0.25, 0.3) is 0 Å². The topological polar surface area (TPSA) is 29.1 Å². The third-order valence-corrected chi connectivity index (χ3v) is 5.14. The Morgan fingerprint density at radius 1 is 1.30 bits per heavy atom. The first-order valence-corrected chi connectivity index (χ1v) is 8.11. The number of benzene rings is 1. The molecular weight excluding hydrogens is 273 g/mol. The van der Waals surface area contributed by atoms with Gasteiger partial charge in [0, 0.05) is 16.6 Å². The Kier molecular flexibility index (Phi) is 4.10. The van der Waals surface area contributed by atoms with Crippen molar-refractivity contribution in [1.29, 1.82) is 0 Å². The summed E-state index contributed by atoms with van der Waals surface area (Å²) >= 11 is 1.54. The zero-order valence-corrected chi connectivity index (χ0v) is 12.1. The molecule has 1 heterocycles. The molecule has 2 atom stereocenters. The molecular formula is C16H18FNOS. The maximum atomic E-state index is 13.8. The van der Waals surface area contributed by atoms with Crippen molar-refractivity contribution in [1.82, 2.24) is 5.32 Å². The molecule has 1 N–H and O–H groups in total. The Morgan fingerprint density at radius 2 is 2.20 bits per heavy atom. The predicted octanol–water partition coefficient (Wildman–Crippen LogP) is 3.84. The van der Waals surface area contributed by atoms with E-state index in [1.165, 1.54) is 6.07 Å². The first-order valence-electron chi connectivity index (χ1n) is 7.12. The van der Waals surface area contributed by atoms with Gasteiger partial charge in [-0.25, -0.2) is 4.39 Å². The lowest BCUT2D eigenvalue weighted by atomic mass is 9.92. The molecule has 0 radical (unpaired) electrons. The summed E-state index contributed by atoms with van der Waals surface area (Å²) in [5, 5.41) is 3.12. The second kappa shape index (κ2) is 6.00. The van der Waals surface area contributed by atoms with Crippen LogP contribution in [0.4, 0.5) is 4.39 Å². The highest BCUT2D eigenvalue weighted by atomic mass is 32.2. The van der Waals surface area contributed by atoms with E-state index in [-0.39, 0.29) is 23.7 Å². The molecule has 4 heteroatoms. The maximum Gasteiger partial charge on any atom is 0.223 e. The monoisotopic (exact) mass is 291 g/mol. The average molecular weight is 291 g/mol. The van der Waals surface area contributed by atoms with Crippen molar-refractivity contribution in [3.63, 3.8) is 0 Å². The van der Waals surface area contributed by atoms with Gasteiger partial charge in [-0.15, -0.1) is 11.8 Å². The Labute approximate surface area is 122 Å². The molecule has 1 aliphatic heterocycles. The van der Waals surface area contributed by atoms with Crippen molar-refractivity contribution in [3.8, 4) is 0 Å². The van der Waals surface area contributed by atoms with Gasteiger partial charge in [-0.3, -0.25) is 4.79 Å². The minimum atomic E-state index is -0.174. The second-order valence-electron chi connectivity index (χ2n) is 5.34. The third-order valence-electron chi connectivity index (χ3n) is 3.98. The van der Waals surface area contributed by atoms with Crippen molar-refractivity contribution < 1.29 is 9.18 Å². The largest absolute Gasteiger partial charge is 0.349 e. The Hall–Kier alpha value is -1.29. The van der Waals surface area contributed by atoms with Crippen LogP contribution in [0.15, 0.2) is 35.2 Å². The van der Waals surface area contributed by atoms with Crippen LogP contribution in [0.2, 0.25) is 0 Å². The first-order chi connectivity index (χ1) is 9.75. The average Bonchev–Trinajstić information content (AvgIpc) is 2.49. The summed E-state index contributed by atoms with van der Waals surface area (Å²) < 4.78 is 13.8. The van der Waals surface area contributed by atoms with Crippen LogP contribution in [0.1, 0.15) is 37.3 Å². The van der Waals surface area contributed by atoms with Gasteiger partial charge in [0.15, 0.2) is 0 Å². The molecule has 0 fully saturated rings. The molecule has 2 nitrogen and oxygen atoms in total. The zero-order chi connectivity index (χ0) is 13.9. The number of thioether (sulfide) groups is 1. The fourth-order valence-corrected chi connectivity index (χ4v) is 4.00. The summed E-state index contributed by atoms with van der Waals surface area (Å²) in [6.45, 7) is 0. The molecule has 3 rings (SSSR count). The van der Waals surface area contributed by atoms with E-state index in [9.17, 15) is 9.18 Å². The molecule has 0 saturated heterocycles. The van der Waals surface area contributed by atoms with Crippen LogP contribution < -0.4 is 5.32 Å². The Bertz CT molecular complexity index is 543. The number of allylic oxidation sites excluding steroid dienone is 2. The highest BCUT2D eigenvalue weighted by molar-refractivity contribution is 7.99. The van der Waals surface area contributed by atoms with Crippen LogP contribution in [-0.2, 0) is 4.79 Å². The summed E-state index contributed by atoms with van der Waals surface area (Å²) in [4.78, 5) is 13.0. The normalized spacial score (nSPS) is 25.1. The van der Waals surface area contributed by atoms with E-state index in [0.717, 1.165) is 37.0 Å².